The summed E-state index contributed by atoms with van der Waals surface area (Å²) >= 11 is 3.25. The second-order valence-electron chi connectivity index (χ2n) is 10.4. The topological polar surface area (TPSA) is 137 Å². The summed E-state index contributed by atoms with van der Waals surface area (Å²) < 4.78 is 98.1. The predicted octanol–water partition coefficient (Wildman–Crippen LogP) is 4.80. The lowest BCUT2D eigenvalue weighted by molar-refractivity contribution is -0.265. The lowest BCUT2D eigenvalue weighted by Gasteiger charge is -2.31. The van der Waals surface area contributed by atoms with Crippen molar-refractivity contribution >= 4 is 38.6 Å². The molecule has 0 fully saturated rings. The molecule has 2 atom stereocenters. The monoisotopic (exact) mass is 698 g/mol. The summed E-state index contributed by atoms with van der Waals surface area (Å²) in [5, 5.41) is 13.6. The summed E-state index contributed by atoms with van der Waals surface area (Å²) in [5.41, 5.74) is -3.17. The normalized spacial score (nSPS) is 17.4. The molecule has 3 heterocycles. The predicted molar refractivity (Wildman–Crippen MR) is 150 cm³/mol. The van der Waals surface area contributed by atoms with Gasteiger partial charge in [-0.3, -0.25) is 14.6 Å². The fourth-order valence-electron chi connectivity index (χ4n) is 4.81. The number of carbonyl (C=O) groups excluding carboxylic acids is 2. The minimum atomic E-state index is -5.54. The molecule has 0 spiro atoms. The molecule has 0 radical (unpaired) electrons. The molecule has 16 heteroatoms. The minimum absolute atomic E-state index is 0.139. The second-order valence-corrected chi connectivity index (χ2v) is 11.3. The molecule has 45 heavy (non-hydrogen) atoms. The Kier molecular flexibility index (Phi) is 7.94. The van der Waals surface area contributed by atoms with Crippen LogP contribution in [0.15, 0.2) is 47.1 Å². The Morgan fingerprint density at radius 3 is 2.51 bits per heavy atom. The van der Waals surface area contributed by atoms with Crippen molar-refractivity contribution in [2.24, 2.45) is 5.73 Å². The zero-order chi connectivity index (χ0) is 33.1. The molecule has 236 valence electrons. The van der Waals surface area contributed by atoms with Gasteiger partial charge in [0.25, 0.3) is 5.91 Å². The van der Waals surface area contributed by atoms with Crippen molar-refractivity contribution < 1.29 is 50.5 Å². The van der Waals surface area contributed by atoms with Crippen molar-refractivity contribution in [1.29, 1.82) is 0 Å². The highest BCUT2D eigenvalue weighted by atomic mass is 79.9. The molecule has 2 amide bonds. The van der Waals surface area contributed by atoms with Crippen molar-refractivity contribution in [3.05, 3.63) is 81.3 Å². The fourth-order valence-corrected chi connectivity index (χ4v) is 5.16. The maximum atomic E-state index is 14.9. The third-order valence-corrected chi connectivity index (χ3v) is 7.93. The summed E-state index contributed by atoms with van der Waals surface area (Å²) in [4.78, 5) is 33.5. The van der Waals surface area contributed by atoms with Crippen LogP contribution < -0.4 is 20.5 Å². The molecule has 4 aromatic rings. The first kappa shape index (κ1) is 32.0. The first-order chi connectivity index (χ1) is 21.0. The van der Waals surface area contributed by atoms with E-state index in [0.717, 1.165) is 0 Å². The smallest absolute Gasteiger partial charge is 0.424 e. The number of primary amides is 1. The number of ether oxygens (including phenoxy) is 2. The number of halogens is 7. The average molecular weight is 699 g/mol. The van der Waals surface area contributed by atoms with E-state index in [1.807, 2.05) is 5.32 Å². The number of benzene rings is 2. The van der Waals surface area contributed by atoms with Crippen molar-refractivity contribution in [3.8, 4) is 22.8 Å². The lowest BCUT2D eigenvalue weighted by atomic mass is 9.81. The summed E-state index contributed by atoms with van der Waals surface area (Å²) in [6, 6.07) is 6.08. The van der Waals surface area contributed by atoms with Gasteiger partial charge >= 0.3 is 6.18 Å². The van der Waals surface area contributed by atoms with E-state index in [2.05, 4.69) is 25.9 Å². The van der Waals surface area contributed by atoms with Crippen molar-refractivity contribution in [2.75, 3.05) is 20.3 Å². The number of aromatic nitrogens is 2. The van der Waals surface area contributed by atoms with Gasteiger partial charge in [0.15, 0.2) is 17.5 Å². The van der Waals surface area contributed by atoms with E-state index in [1.165, 1.54) is 32.4 Å². The van der Waals surface area contributed by atoms with Gasteiger partial charge in [-0.1, -0.05) is 0 Å². The van der Waals surface area contributed by atoms with Crippen molar-refractivity contribution in [1.82, 2.24) is 15.3 Å². The Balaban J connectivity index is 1.63. The number of aliphatic hydroxyl groups is 1. The van der Waals surface area contributed by atoms with Crippen LogP contribution in [0.4, 0.5) is 26.3 Å². The fraction of sp³-hybridized carbons (Fsp3) is 0.241. The molecule has 5 rings (SSSR count). The Bertz CT molecular complexity index is 1890. The molecule has 9 nitrogen and oxygen atoms in total. The van der Waals surface area contributed by atoms with E-state index in [0.29, 0.717) is 33.6 Å². The number of rotatable bonds is 7. The maximum Gasteiger partial charge on any atom is 0.424 e. The van der Waals surface area contributed by atoms with Gasteiger partial charge in [0, 0.05) is 32.7 Å². The van der Waals surface area contributed by atoms with E-state index < -0.39 is 82.3 Å². The number of pyridine rings is 2. The molecule has 4 N–H and O–H groups in total. The summed E-state index contributed by atoms with van der Waals surface area (Å²) in [7, 11) is 1.30. The zero-order valence-electron chi connectivity index (χ0n) is 23.2. The maximum absolute atomic E-state index is 14.9. The second kappa shape index (κ2) is 11.2. The third-order valence-electron chi connectivity index (χ3n) is 7.50. The molecular formula is C29H21BrF6N4O5. The standard InChI is InChI=1S/C29H21BrF6N4O5/c1-27(26(37)42)11-45-24-16(27)8-19(40-23(24)15-3-4-17(31)21(33)20(15)32)28(43,29(34,35)36)10-39-25(41)13-5-12-6-14(30)9-38-22(12)18(7-13)44-2/h3-9,43H,10-11H2,1-2H3,(H2,37,42)(H,39,41)/t27-,28-/m0/s1. The van der Waals surface area contributed by atoms with Crippen LogP contribution in [0.25, 0.3) is 22.2 Å². The summed E-state index contributed by atoms with van der Waals surface area (Å²) in [6.45, 7) is -0.811. The van der Waals surface area contributed by atoms with E-state index >= 15 is 0 Å². The highest BCUT2D eigenvalue weighted by Crippen LogP contribution is 2.48. The summed E-state index contributed by atoms with van der Waals surface area (Å²) in [6.07, 6.45) is -4.06. The van der Waals surface area contributed by atoms with E-state index in [1.54, 1.807) is 6.07 Å². The number of carbonyl (C=O) groups is 2. The average Bonchev–Trinajstić information content (AvgIpc) is 3.34. The number of nitrogens with two attached hydrogens (primary N) is 1. The van der Waals surface area contributed by atoms with E-state index in [-0.39, 0.29) is 16.9 Å². The number of fused-ring (bicyclic) bond motifs is 2. The number of nitrogens with zero attached hydrogens (tertiary/aromatic N) is 2. The molecule has 0 saturated carbocycles. The zero-order valence-corrected chi connectivity index (χ0v) is 24.7. The molecule has 2 aromatic carbocycles. The van der Waals surface area contributed by atoms with E-state index in [9.17, 15) is 41.0 Å². The van der Waals surface area contributed by atoms with Crippen LogP contribution in [-0.2, 0) is 15.8 Å². The number of amides is 2. The molecule has 1 aliphatic heterocycles. The molecule has 0 saturated heterocycles. The molecule has 0 bridgehead atoms. The number of hydrogen-bond acceptors (Lipinski definition) is 7. The van der Waals surface area contributed by atoms with Gasteiger partial charge in [-0.25, -0.2) is 18.2 Å². The van der Waals surface area contributed by atoms with Crippen LogP contribution in [0.2, 0.25) is 0 Å². The van der Waals surface area contributed by atoms with Crippen LogP contribution in [0.1, 0.15) is 28.5 Å². The molecule has 0 unspecified atom stereocenters. The van der Waals surface area contributed by atoms with E-state index in [4.69, 9.17) is 15.2 Å². The largest absolute Gasteiger partial charge is 0.494 e. The van der Waals surface area contributed by atoms with Gasteiger partial charge in [0.05, 0.1) is 19.3 Å². The summed E-state index contributed by atoms with van der Waals surface area (Å²) in [5.74, 6) is -7.75. The van der Waals surface area contributed by atoms with Crippen LogP contribution in [0.3, 0.4) is 0 Å². The Hall–Kier alpha value is -4.44. The lowest BCUT2D eigenvalue weighted by Crippen LogP contribution is -2.51. The Morgan fingerprint density at radius 2 is 1.87 bits per heavy atom. The van der Waals surface area contributed by atoms with Crippen molar-refractivity contribution in [3.63, 3.8) is 0 Å². The Morgan fingerprint density at radius 1 is 1.16 bits per heavy atom. The van der Waals surface area contributed by atoms with Gasteiger partial charge in [0.2, 0.25) is 11.5 Å². The molecule has 1 aliphatic rings. The SMILES string of the molecule is COc1cc(C(=O)NC[C@](O)(c2cc3c(c(-c4ccc(F)c(F)c4F)n2)OC[C@]3(C)C(N)=O)C(F)(F)F)cc2cc(Br)cnc12. The minimum Gasteiger partial charge on any atom is -0.494 e. The highest BCUT2D eigenvalue weighted by Gasteiger charge is 2.58. The first-order valence-electron chi connectivity index (χ1n) is 12.8. The third kappa shape index (κ3) is 5.31. The number of methoxy groups -OCH3 is 1. The van der Waals surface area contributed by atoms with Crippen LogP contribution in [-0.4, -0.2) is 53.3 Å². The van der Waals surface area contributed by atoms with Gasteiger partial charge in [0.1, 0.15) is 34.7 Å². The Labute approximate surface area is 258 Å². The molecule has 2 aromatic heterocycles. The molecule has 0 aliphatic carbocycles. The van der Waals surface area contributed by atoms with Gasteiger partial charge in [-0.05, 0) is 59.3 Å². The van der Waals surface area contributed by atoms with Gasteiger partial charge < -0.3 is 25.6 Å². The highest BCUT2D eigenvalue weighted by molar-refractivity contribution is 9.10. The first-order valence-corrected chi connectivity index (χ1v) is 13.6. The van der Waals surface area contributed by atoms with Gasteiger partial charge in [-0.15, -0.1) is 0 Å². The van der Waals surface area contributed by atoms with Crippen LogP contribution in [0, 0.1) is 17.5 Å². The van der Waals surface area contributed by atoms with Crippen molar-refractivity contribution in [2.45, 2.75) is 24.1 Å². The quantitative estimate of drug-likeness (QED) is 0.186. The van der Waals surface area contributed by atoms with Crippen LogP contribution in [0.5, 0.6) is 11.5 Å². The number of nitrogens with one attached hydrogen (secondary N) is 1. The number of alkyl halides is 3. The van der Waals surface area contributed by atoms with Gasteiger partial charge in [-0.2, -0.15) is 13.2 Å². The molecular weight excluding hydrogens is 678 g/mol. The number of hydrogen-bond donors (Lipinski definition) is 3. The van der Waals surface area contributed by atoms with Crippen LogP contribution >= 0.6 is 15.9 Å².